The predicted octanol–water partition coefficient (Wildman–Crippen LogP) is 1.91. The van der Waals surface area contributed by atoms with Gasteiger partial charge in [-0.15, -0.1) is 0 Å². The third-order valence-electron chi connectivity index (χ3n) is 3.90. The fourth-order valence-electron chi connectivity index (χ4n) is 2.74. The van der Waals surface area contributed by atoms with Crippen molar-refractivity contribution in [2.75, 3.05) is 11.9 Å². The van der Waals surface area contributed by atoms with Crippen LogP contribution in [0.15, 0.2) is 55.2 Å². The van der Waals surface area contributed by atoms with Crippen molar-refractivity contribution in [3.05, 3.63) is 66.4 Å². The Morgan fingerprint density at radius 1 is 1.25 bits per heavy atom. The first kappa shape index (κ1) is 14.5. The number of ether oxygens (including phenoxy) is 1. The number of rotatable bonds is 3. The number of pyridine rings is 1. The van der Waals surface area contributed by atoms with E-state index < -0.39 is 6.10 Å². The van der Waals surface area contributed by atoms with E-state index >= 15 is 0 Å². The number of hydrogen-bond donors (Lipinski definition) is 1. The van der Waals surface area contributed by atoms with Gasteiger partial charge >= 0.3 is 0 Å². The van der Waals surface area contributed by atoms with Crippen molar-refractivity contribution in [3.8, 4) is 5.82 Å². The summed E-state index contributed by atoms with van der Waals surface area (Å²) in [6, 6.07) is 11.4. The van der Waals surface area contributed by atoms with Gasteiger partial charge in [0.1, 0.15) is 12.7 Å². The molecule has 7 nitrogen and oxygen atoms in total. The van der Waals surface area contributed by atoms with Crippen molar-refractivity contribution in [3.63, 3.8) is 0 Å². The summed E-state index contributed by atoms with van der Waals surface area (Å²) in [7, 11) is 0. The molecule has 0 saturated carbocycles. The Hall–Kier alpha value is -3.06. The van der Waals surface area contributed by atoms with E-state index in [1.807, 2.05) is 24.3 Å². The molecule has 0 fully saturated rings. The first-order valence-corrected chi connectivity index (χ1v) is 7.62. The molecule has 3 heterocycles. The van der Waals surface area contributed by atoms with Gasteiger partial charge in [-0.3, -0.25) is 4.79 Å². The van der Waals surface area contributed by atoms with Crippen LogP contribution in [-0.2, 0) is 16.0 Å². The molecule has 1 aromatic carbocycles. The number of carbonyl (C=O) groups excluding carboxylic acids is 1. The van der Waals surface area contributed by atoms with E-state index in [4.69, 9.17) is 4.74 Å². The number of fused-ring (bicyclic) bond motifs is 1. The van der Waals surface area contributed by atoms with Crippen molar-refractivity contribution in [1.82, 2.24) is 19.7 Å². The van der Waals surface area contributed by atoms with Crippen molar-refractivity contribution < 1.29 is 9.53 Å². The Morgan fingerprint density at radius 3 is 2.96 bits per heavy atom. The molecule has 0 spiro atoms. The van der Waals surface area contributed by atoms with Crippen LogP contribution in [0.2, 0.25) is 0 Å². The Labute approximate surface area is 138 Å². The second-order valence-electron chi connectivity index (χ2n) is 5.43. The molecule has 0 saturated heterocycles. The van der Waals surface area contributed by atoms with E-state index in [0.717, 1.165) is 17.5 Å². The van der Waals surface area contributed by atoms with E-state index in [2.05, 4.69) is 20.4 Å². The molecule has 24 heavy (non-hydrogen) atoms. The van der Waals surface area contributed by atoms with Crippen molar-refractivity contribution in [2.24, 2.45) is 0 Å². The SMILES string of the molecule is O=C(Nc1ccc(-n2cncn2)nc1)[C@H]1OCCc2ccccc21. The molecule has 3 aromatic rings. The first-order valence-electron chi connectivity index (χ1n) is 7.62. The zero-order chi connectivity index (χ0) is 16.4. The standard InChI is InChI=1S/C17H15N5O2/c23-17(16-14-4-2-1-3-12(14)7-8-24-16)21-13-5-6-15(19-9-13)22-11-18-10-20-22/h1-6,9-11,16H,7-8H2,(H,21,23)/t16-/m0/s1. The number of nitrogens with zero attached hydrogens (tertiary/aromatic N) is 4. The lowest BCUT2D eigenvalue weighted by Gasteiger charge is -2.25. The second-order valence-corrected chi connectivity index (χ2v) is 5.43. The van der Waals surface area contributed by atoms with E-state index in [9.17, 15) is 4.79 Å². The highest BCUT2D eigenvalue weighted by atomic mass is 16.5. The number of aromatic nitrogens is 4. The van der Waals surface area contributed by atoms with Crippen molar-refractivity contribution >= 4 is 11.6 Å². The van der Waals surface area contributed by atoms with Gasteiger partial charge in [0.25, 0.3) is 5.91 Å². The van der Waals surface area contributed by atoms with Gasteiger partial charge in [0.05, 0.1) is 18.5 Å². The van der Waals surface area contributed by atoms with Gasteiger partial charge in [0.15, 0.2) is 11.9 Å². The van der Waals surface area contributed by atoms with Crippen LogP contribution in [0.3, 0.4) is 0 Å². The smallest absolute Gasteiger partial charge is 0.258 e. The third-order valence-corrected chi connectivity index (χ3v) is 3.90. The van der Waals surface area contributed by atoms with Crippen LogP contribution in [0.5, 0.6) is 0 Å². The minimum atomic E-state index is -0.593. The molecule has 0 unspecified atom stereocenters. The topological polar surface area (TPSA) is 81.9 Å². The largest absolute Gasteiger partial charge is 0.363 e. The van der Waals surface area contributed by atoms with E-state index in [1.165, 1.54) is 6.33 Å². The predicted molar refractivity (Wildman–Crippen MR) is 86.6 cm³/mol. The van der Waals surface area contributed by atoms with Crippen molar-refractivity contribution in [2.45, 2.75) is 12.5 Å². The summed E-state index contributed by atoms with van der Waals surface area (Å²) in [6.45, 7) is 0.540. The van der Waals surface area contributed by atoms with Crippen molar-refractivity contribution in [1.29, 1.82) is 0 Å². The van der Waals surface area contributed by atoms with Crippen LogP contribution >= 0.6 is 0 Å². The minimum absolute atomic E-state index is 0.197. The zero-order valence-corrected chi connectivity index (χ0v) is 12.8. The van der Waals surface area contributed by atoms with Gasteiger partial charge in [-0.25, -0.2) is 14.6 Å². The highest BCUT2D eigenvalue weighted by molar-refractivity contribution is 5.95. The molecule has 120 valence electrons. The lowest BCUT2D eigenvalue weighted by molar-refractivity contribution is -0.128. The first-order chi connectivity index (χ1) is 11.8. The summed E-state index contributed by atoms with van der Waals surface area (Å²) in [5, 5.41) is 6.86. The number of hydrogen-bond acceptors (Lipinski definition) is 5. The van der Waals surface area contributed by atoms with E-state index in [1.54, 1.807) is 29.3 Å². The molecule has 1 amide bonds. The summed E-state index contributed by atoms with van der Waals surface area (Å²) < 4.78 is 7.21. The maximum absolute atomic E-state index is 12.6. The fourth-order valence-corrected chi connectivity index (χ4v) is 2.74. The molecule has 1 aliphatic heterocycles. The summed E-state index contributed by atoms with van der Waals surface area (Å²) in [6.07, 6.45) is 4.82. The summed E-state index contributed by atoms with van der Waals surface area (Å²) in [5.41, 5.74) is 2.69. The Kier molecular flexibility index (Phi) is 3.76. The Bertz CT molecular complexity index is 846. The lowest BCUT2D eigenvalue weighted by atomic mass is 9.97. The Morgan fingerprint density at radius 2 is 2.17 bits per heavy atom. The van der Waals surface area contributed by atoms with Crippen LogP contribution in [0.25, 0.3) is 5.82 Å². The van der Waals surface area contributed by atoms with Crippen LogP contribution in [0.4, 0.5) is 5.69 Å². The molecule has 0 aliphatic carbocycles. The maximum Gasteiger partial charge on any atom is 0.258 e. The molecule has 1 atom stereocenters. The van der Waals surface area contributed by atoms with Gasteiger partial charge in [0, 0.05) is 0 Å². The monoisotopic (exact) mass is 321 g/mol. The highest BCUT2D eigenvalue weighted by Gasteiger charge is 2.27. The summed E-state index contributed by atoms with van der Waals surface area (Å²) >= 11 is 0. The number of carbonyl (C=O) groups is 1. The van der Waals surface area contributed by atoms with Crippen LogP contribution < -0.4 is 5.32 Å². The average Bonchev–Trinajstić information content (AvgIpc) is 3.16. The number of anilines is 1. The minimum Gasteiger partial charge on any atom is -0.363 e. The molecular weight excluding hydrogens is 306 g/mol. The molecule has 2 aromatic heterocycles. The quantitative estimate of drug-likeness (QED) is 0.797. The third kappa shape index (κ3) is 2.77. The average molecular weight is 321 g/mol. The molecule has 0 bridgehead atoms. The molecule has 7 heteroatoms. The zero-order valence-electron chi connectivity index (χ0n) is 12.8. The number of nitrogens with one attached hydrogen (secondary N) is 1. The van der Waals surface area contributed by atoms with Gasteiger partial charge in [-0.1, -0.05) is 24.3 Å². The fraction of sp³-hybridized carbons (Fsp3) is 0.176. The van der Waals surface area contributed by atoms with Crippen LogP contribution in [0, 0.1) is 0 Å². The molecule has 4 rings (SSSR count). The molecule has 0 radical (unpaired) electrons. The summed E-state index contributed by atoms with van der Waals surface area (Å²) in [4.78, 5) is 20.7. The summed E-state index contributed by atoms with van der Waals surface area (Å²) in [5.74, 6) is 0.433. The van der Waals surface area contributed by atoms with E-state index in [0.29, 0.717) is 18.1 Å². The molecular formula is C17H15N5O2. The Balaban J connectivity index is 1.51. The van der Waals surface area contributed by atoms with Gasteiger partial charge in [-0.05, 0) is 29.7 Å². The number of amides is 1. The second kappa shape index (κ2) is 6.21. The van der Waals surface area contributed by atoms with E-state index in [-0.39, 0.29) is 5.91 Å². The lowest BCUT2D eigenvalue weighted by Crippen LogP contribution is -2.28. The van der Waals surface area contributed by atoms with Crippen LogP contribution in [0.1, 0.15) is 17.2 Å². The van der Waals surface area contributed by atoms with Gasteiger partial charge in [0.2, 0.25) is 0 Å². The highest BCUT2D eigenvalue weighted by Crippen LogP contribution is 2.28. The molecule has 1 N–H and O–H groups in total. The maximum atomic E-state index is 12.6. The normalized spacial score (nSPS) is 16.4. The van der Waals surface area contributed by atoms with Gasteiger partial charge < -0.3 is 10.1 Å². The number of benzene rings is 1. The molecule has 1 aliphatic rings. The van der Waals surface area contributed by atoms with Gasteiger partial charge in [-0.2, -0.15) is 5.10 Å². The van der Waals surface area contributed by atoms with Crippen LogP contribution in [-0.4, -0.2) is 32.3 Å².